The van der Waals surface area contributed by atoms with Gasteiger partial charge in [0.05, 0.1) is 86.7 Å². The highest BCUT2D eigenvalue weighted by Gasteiger charge is 2.39. The number of aliphatic carboxylic acids is 2. The molecule has 0 aliphatic carbocycles. The molecule has 0 unspecified atom stereocenters. The number of aryl methyl sites for hydroxylation is 2. The molecule has 8 heterocycles. The number of thiophene rings is 2. The molecule has 2 aliphatic rings. The Morgan fingerprint density at radius 3 is 1.38 bits per heavy atom. The summed E-state index contributed by atoms with van der Waals surface area (Å²) in [4.78, 5) is 79.1. The molecule has 2 fully saturated rings. The molecule has 456 valence electrons. The largest absolute Gasteiger partial charge is 0.496 e. The number of carboxylic acid groups (broad SMARTS) is 2. The number of likely N-dealkylation sites (tertiary alicyclic amines) is 2. The summed E-state index contributed by atoms with van der Waals surface area (Å²) < 4.78 is 49.5. The van der Waals surface area contributed by atoms with Gasteiger partial charge in [0.1, 0.15) is 68.1 Å². The average Bonchev–Trinajstić information content (AvgIpc) is 1.82. The summed E-state index contributed by atoms with van der Waals surface area (Å²) in [5.74, 6) is 0.325. The molecule has 2 N–H and O–H groups in total. The summed E-state index contributed by atoms with van der Waals surface area (Å²) in [5.41, 5.74) is -1.23. The summed E-state index contributed by atoms with van der Waals surface area (Å²) in [5, 5.41) is 30.3. The van der Waals surface area contributed by atoms with Crippen LogP contribution in [0.3, 0.4) is 0 Å². The molecule has 23 nitrogen and oxygen atoms in total. The van der Waals surface area contributed by atoms with Gasteiger partial charge in [-0.25, -0.2) is 14.8 Å². The summed E-state index contributed by atoms with van der Waals surface area (Å²) in [6.45, 7) is 16.3. The maximum absolute atomic E-state index is 13.9. The van der Waals surface area contributed by atoms with E-state index in [1.54, 1.807) is 48.7 Å². The Bertz CT molecular complexity index is 3620. The van der Waals surface area contributed by atoms with Gasteiger partial charge in [-0.05, 0) is 97.1 Å². The number of carbonyl (C=O) groups is 3. The molecule has 6 aromatic heterocycles. The van der Waals surface area contributed by atoms with Crippen LogP contribution in [0.4, 0.5) is 4.79 Å². The van der Waals surface area contributed by atoms with Gasteiger partial charge in [-0.3, -0.25) is 28.5 Å². The molecule has 8 aromatic rings. The van der Waals surface area contributed by atoms with Gasteiger partial charge in [0.25, 0.3) is 0 Å². The van der Waals surface area contributed by atoms with Gasteiger partial charge in [0, 0.05) is 37.3 Å². The minimum Gasteiger partial charge on any atom is -0.496 e. The molecule has 2 saturated heterocycles. The highest BCUT2D eigenvalue weighted by atomic mass is 32.1. The Kier molecular flexibility index (Phi) is 18.8. The van der Waals surface area contributed by atoms with Crippen LogP contribution >= 0.6 is 22.7 Å². The van der Waals surface area contributed by atoms with Crippen molar-refractivity contribution in [2.45, 2.75) is 116 Å². The first-order valence-corrected chi connectivity index (χ1v) is 29.5. The number of methoxy groups -OCH3 is 4. The van der Waals surface area contributed by atoms with Gasteiger partial charge in [0.2, 0.25) is 22.6 Å². The molecular weight excluding hydrogens is 1150 g/mol. The summed E-state index contributed by atoms with van der Waals surface area (Å²) in [7, 11) is 6.17. The molecular formula is C61H70N8O15S2. The van der Waals surface area contributed by atoms with Crippen molar-refractivity contribution in [2.24, 2.45) is 0 Å². The quantitative estimate of drug-likeness (QED) is 0.0671. The lowest BCUT2D eigenvalue weighted by Crippen LogP contribution is -2.41. The molecule has 0 spiro atoms. The van der Waals surface area contributed by atoms with E-state index in [0.717, 1.165) is 37.1 Å². The van der Waals surface area contributed by atoms with Gasteiger partial charge in [0.15, 0.2) is 5.88 Å². The Labute approximate surface area is 503 Å². The molecule has 86 heavy (non-hydrogen) atoms. The van der Waals surface area contributed by atoms with Crippen LogP contribution < -0.4 is 20.3 Å². The van der Waals surface area contributed by atoms with E-state index in [0.29, 0.717) is 96.4 Å². The average molecular weight is 1220 g/mol. The molecule has 1 amide bonds. The maximum atomic E-state index is 13.9. The van der Waals surface area contributed by atoms with Crippen molar-refractivity contribution >= 4 is 61.1 Å². The van der Waals surface area contributed by atoms with Gasteiger partial charge in [-0.1, -0.05) is 36.4 Å². The summed E-state index contributed by atoms with van der Waals surface area (Å²) in [6.07, 6.45) is 6.96. The van der Waals surface area contributed by atoms with Crippen molar-refractivity contribution in [1.29, 1.82) is 0 Å². The third kappa shape index (κ3) is 12.5. The highest BCUT2D eigenvalue weighted by molar-refractivity contribution is 7.22. The van der Waals surface area contributed by atoms with E-state index in [9.17, 15) is 34.2 Å². The fourth-order valence-electron chi connectivity index (χ4n) is 10.6. The first kappa shape index (κ1) is 62.1. The number of rotatable bonds is 20. The highest BCUT2D eigenvalue weighted by Crippen LogP contribution is 2.41. The number of benzene rings is 2. The number of nitrogens with zero attached hydrogens (tertiary/aromatic N) is 8. The molecule has 2 atom stereocenters. The standard InChI is InChI=1S/C31H36N4O7S.C30H34N4O8S/c1-18-24-25(36)27(31(3,4)30(37)38)33-35(29(24)43-26(18)28-32-13-16-41-28)17-23(21-9-7-8-10-22(21)40-6)42-20-11-14-34(15-12-20)19(2)39-5;1-17-22-23(35)25(30(2,3)28(36)37)32-34(27(22)43-24(17)26-31-12-15-41-26)16-21(19-8-6-7-9-20(19)39-4)42-18-10-13-33(14-11-18)29(38)40-5/h7-10,13,16,20,23H,2,11-12,14-15,17H2,1,3-6H3,(H,37,38);6-9,12,15,18,21H,10-11,13-14,16H2,1-5H3,(H,36,37)/t23-;21-/m01/s1. The van der Waals surface area contributed by atoms with E-state index < -0.39 is 45.8 Å². The van der Waals surface area contributed by atoms with E-state index in [1.807, 2.05) is 55.5 Å². The Morgan fingerprint density at radius 1 is 0.640 bits per heavy atom. The Balaban J connectivity index is 0.000000205. The molecule has 0 saturated carbocycles. The zero-order chi connectivity index (χ0) is 61.8. The fourth-order valence-corrected chi connectivity index (χ4v) is 13.1. The van der Waals surface area contributed by atoms with E-state index >= 15 is 0 Å². The van der Waals surface area contributed by atoms with Gasteiger partial charge in [-0.15, -0.1) is 22.7 Å². The summed E-state index contributed by atoms with van der Waals surface area (Å²) >= 11 is 2.63. The molecule has 2 aliphatic heterocycles. The molecule has 10 rings (SSSR count). The SMILES string of the molecule is C=C(OC)N1CCC(O[C@@H](Cn2nc(C(C)(C)C(=O)O)c(=O)c3c(C)c(-c4ncco4)sc32)c2ccccc2OC)CC1.COC(=O)N1CCC(O[C@H](Cn2nc(C(C)(C)C(=O)O)c(=O)c3c(C)c(-c4ncco4)sc32)c2ccccc2OC)CC1. The second-order valence-electron chi connectivity index (χ2n) is 21.9. The fraction of sp³-hybridized carbons (Fsp3) is 0.426. The number of carboxylic acids is 2. The van der Waals surface area contributed by atoms with Crippen molar-refractivity contribution in [2.75, 3.05) is 54.6 Å². The minimum absolute atomic E-state index is 0.0579. The lowest BCUT2D eigenvalue weighted by molar-refractivity contribution is -0.143. The van der Waals surface area contributed by atoms with Gasteiger partial charge >= 0.3 is 18.0 Å². The number of para-hydroxylation sites is 2. The van der Waals surface area contributed by atoms with Crippen molar-refractivity contribution in [3.05, 3.63) is 140 Å². The molecule has 25 heteroatoms. The summed E-state index contributed by atoms with van der Waals surface area (Å²) in [6, 6.07) is 15.1. The van der Waals surface area contributed by atoms with Crippen molar-refractivity contribution in [3.63, 3.8) is 0 Å². The first-order chi connectivity index (χ1) is 41.1. The lowest BCUT2D eigenvalue weighted by Gasteiger charge is -2.35. The number of oxazole rings is 2. The normalized spacial score (nSPS) is 15.0. The zero-order valence-electron chi connectivity index (χ0n) is 49.6. The van der Waals surface area contributed by atoms with Crippen molar-refractivity contribution in [3.8, 4) is 33.0 Å². The van der Waals surface area contributed by atoms with E-state index in [4.69, 9.17) is 42.4 Å². The van der Waals surface area contributed by atoms with E-state index in [2.05, 4.69) is 26.5 Å². The molecule has 0 bridgehead atoms. The number of hydrogen-bond acceptors (Lipinski definition) is 20. The van der Waals surface area contributed by atoms with E-state index in [-0.39, 0.29) is 42.8 Å². The van der Waals surface area contributed by atoms with Crippen LogP contribution in [0.1, 0.15) is 99.2 Å². The molecule has 2 aromatic carbocycles. The van der Waals surface area contributed by atoms with Crippen LogP contribution in [0.5, 0.6) is 11.5 Å². The predicted octanol–water partition coefficient (Wildman–Crippen LogP) is 9.91. The van der Waals surface area contributed by atoms with Crippen LogP contribution in [-0.4, -0.2) is 134 Å². The number of piperidine rings is 2. The minimum atomic E-state index is -1.56. The topological polar surface area (TPSA) is 275 Å². The second-order valence-corrected chi connectivity index (χ2v) is 23.9. The number of aromatic nitrogens is 6. The third-order valence-electron chi connectivity index (χ3n) is 15.8. The number of amides is 1. The lowest BCUT2D eigenvalue weighted by atomic mass is 9.88. The second kappa shape index (κ2) is 26.1. The smallest absolute Gasteiger partial charge is 0.409 e. The number of hydrogen-bond donors (Lipinski definition) is 2. The van der Waals surface area contributed by atoms with Crippen LogP contribution in [0.15, 0.2) is 104 Å². The zero-order valence-corrected chi connectivity index (χ0v) is 51.2. The number of carbonyl (C=O) groups excluding carboxylic acids is 1. The third-order valence-corrected chi connectivity index (χ3v) is 18.4. The first-order valence-electron chi connectivity index (χ1n) is 27.9. The number of fused-ring (bicyclic) bond motifs is 2. The maximum Gasteiger partial charge on any atom is 0.409 e. The van der Waals surface area contributed by atoms with Crippen LogP contribution in [0.25, 0.3) is 42.0 Å². The predicted molar refractivity (Wildman–Crippen MR) is 321 cm³/mol. The van der Waals surface area contributed by atoms with Crippen LogP contribution in [-0.2, 0) is 52.5 Å². The Morgan fingerprint density at radius 2 is 1.03 bits per heavy atom. The van der Waals surface area contributed by atoms with Gasteiger partial charge < -0.3 is 57.3 Å². The molecule has 0 radical (unpaired) electrons. The van der Waals surface area contributed by atoms with E-state index in [1.165, 1.54) is 76.2 Å². The number of ether oxygens (including phenoxy) is 6. The van der Waals surface area contributed by atoms with Crippen molar-refractivity contribution in [1.82, 2.24) is 39.3 Å². The van der Waals surface area contributed by atoms with Crippen molar-refractivity contribution < 1.29 is 61.9 Å². The van der Waals surface area contributed by atoms with Gasteiger partial charge in [-0.2, -0.15) is 10.2 Å². The monoisotopic (exact) mass is 1220 g/mol. The van der Waals surface area contributed by atoms with Crippen LogP contribution in [0, 0.1) is 13.8 Å². The van der Waals surface area contributed by atoms with Crippen LogP contribution in [0.2, 0.25) is 0 Å². The Hall–Kier alpha value is -8.39.